The van der Waals surface area contributed by atoms with Crippen LogP contribution in [-0.4, -0.2) is 37.9 Å². The van der Waals surface area contributed by atoms with Gasteiger partial charge < -0.3 is 10.1 Å². The molecule has 2 aromatic heterocycles. The third kappa shape index (κ3) is 4.13. The van der Waals surface area contributed by atoms with Gasteiger partial charge >= 0.3 is 0 Å². The number of methoxy groups -OCH3 is 1. The highest BCUT2D eigenvalue weighted by atomic mass is 32.2. The van der Waals surface area contributed by atoms with Gasteiger partial charge in [0.05, 0.1) is 30.3 Å². The zero-order valence-corrected chi connectivity index (χ0v) is 19.2. The number of anilines is 1. The molecule has 5 aromatic rings. The summed E-state index contributed by atoms with van der Waals surface area (Å²) in [6, 6.07) is 24.2. The standard InChI is InChI=1S/C25H21N5O3S/c1-33-21-14-8-5-9-17(21)15-29-23(32)19-12-6-7-13-20(19)30-24(29)27-28-25(30)34-16-22(31)26-18-10-3-2-4-11-18/h2-14H,15-16H2,1H3,(H,26,31). The van der Waals surface area contributed by atoms with E-state index in [9.17, 15) is 9.59 Å². The quantitative estimate of drug-likeness (QED) is 0.363. The van der Waals surface area contributed by atoms with Gasteiger partial charge in [-0.2, -0.15) is 0 Å². The topological polar surface area (TPSA) is 90.5 Å². The molecular weight excluding hydrogens is 450 g/mol. The van der Waals surface area contributed by atoms with Gasteiger partial charge in [0.15, 0.2) is 5.16 Å². The highest BCUT2D eigenvalue weighted by Gasteiger charge is 2.18. The molecule has 0 aliphatic rings. The number of carbonyl (C=O) groups excluding carboxylic acids is 1. The van der Waals surface area contributed by atoms with Gasteiger partial charge in [-0.05, 0) is 30.3 Å². The summed E-state index contributed by atoms with van der Waals surface area (Å²) in [5.74, 6) is 1.09. The van der Waals surface area contributed by atoms with Gasteiger partial charge in [0.2, 0.25) is 11.7 Å². The lowest BCUT2D eigenvalue weighted by molar-refractivity contribution is -0.113. The second-order valence-corrected chi connectivity index (χ2v) is 8.48. The Balaban J connectivity index is 1.53. The number of fused-ring (bicyclic) bond motifs is 3. The molecule has 0 aliphatic carbocycles. The van der Waals surface area contributed by atoms with E-state index in [4.69, 9.17) is 4.74 Å². The largest absolute Gasteiger partial charge is 0.496 e. The van der Waals surface area contributed by atoms with E-state index in [1.807, 2.05) is 77.2 Å². The average molecular weight is 472 g/mol. The maximum Gasteiger partial charge on any atom is 0.263 e. The van der Waals surface area contributed by atoms with Crippen molar-refractivity contribution in [3.63, 3.8) is 0 Å². The third-order valence-corrected chi connectivity index (χ3v) is 6.32. The number of carbonyl (C=O) groups is 1. The first-order chi connectivity index (χ1) is 16.7. The van der Waals surface area contributed by atoms with Crippen molar-refractivity contribution in [2.24, 2.45) is 0 Å². The molecule has 0 aliphatic heterocycles. The summed E-state index contributed by atoms with van der Waals surface area (Å²) in [6.07, 6.45) is 0. The van der Waals surface area contributed by atoms with E-state index >= 15 is 0 Å². The highest BCUT2D eigenvalue weighted by Crippen LogP contribution is 2.24. The van der Waals surface area contributed by atoms with Crippen LogP contribution in [-0.2, 0) is 11.3 Å². The van der Waals surface area contributed by atoms with Gasteiger partial charge in [0.1, 0.15) is 5.75 Å². The first-order valence-corrected chi connectivity index (χ1v) is 11.6. The third-order valence-electron chi connectivity index (χ3n) is 5.39. The predicted molar refractivity (Wildman–Crippen MR) is 133 cm³/mol. The SMILES string of the molecule is COc1ccccc1Cn1c(=O)c2ccccc2n2c(SCC(=O)Nc3ccccc3)nnc12. The number of hydrogen-bond acceptors (Lipinski definition) is 6. The van der Waals surface area contributed by atoms with Gasteiger partial charge in [0.25, 0.3) is 5.56 Å². The second kappa shape index (κ2) is 9.40. The number of amides is 1. The summed E-state index contributed by atoms with van der Waals surface area (Å²) < 4.78 is 8.88. The number of benzene rings is 3. The van der Waals surface area contributed by atoms with E-state index in [1.54, 1.807) is 17.7 Å². The molecule has 8 nitrogen and oxygen atoms in total. The lowest BCUT2D eigenvalue weighted by atomic mass is 10.2. The average Bonchev–Trinajstić information content (AvgIpc) is 3.30. The number of rotatable bonds is 7. The van der Waals surface area contributed by atoms with Crippen LogP contribution >= 0.6 is 11.8 Å². The second-order valence-electron chi connectivity index (χ2n) is 7.54. The van der Waals surface area contributed by atoms with E-state index in [-0.39, 0.29) is 23.8 Å². The number of nitrogens with zero attached hydrogens (tertiary/aromatic N) is 4. The van der Waals surface area contributed by atoms with Crippen molar-refractivity contribution in [3.05, 3.63) is 94.8 Å². The molecule has 34 heavy (non-hydrogen) atoms. The number of para-hydroxylation sites is 3. The van der Waals surface area contributed by atoms with Crippen LogP contribution in [0.4, 0.5) is 5.69 Å². The van der Waals surface area contributed by atoms with Crippen LogP contribution in [0.1, 0.15) is 5.56 Å². The monoisotopic (exact) mass is 471 g/mol. The molecule has 5 rings (SSSR count). The van der Waals surface area contributed by atoms with Gasteiger partial charge in [-0.1, -0.05) is 60.3 Å². The first kappa shape index (κ1) is 21.7. The van der Waals surface area contributed by atoms with Gasteiger partial charge in [-0.3, -0.25) is 18.6 Å². The minimum Gasteiger partial charge on any atom is -0.496 e. The molecule has 1 amide bonds. The number of aromatic nitrogens is 4. The fourth-order valence-corrected chi connectivity index (χ4v) is 4.56. The molecule has 0 radical (unpaired) electrons. The van der Waals surface area contributed by atoms with E-state index in [1.165, 1.54) is 11.8 Å². The van der Waals surface area contributed by atoms with Crippen molar-refractivity contribution in [2.45, 2.75) is 11.7 Å². The molecule has 0 saturated carbocycles. The van der Waals surface area contributed by atoms with Crippen molar-refractivity contribution in [1.29, 1.82) is 0 Å². The Morgan fingerprint density at radius 1 is 0.971 bits per heavy atom. The lowest BCUT2D eigenvalue weighted by Gasteiger charge is -2.13. The van der Waals surface area contributed by atoms with Crippen LogP contribution in [0.2, 0.25) is 0 Å². The Morgan fingerprint density at radius 2 is 1.71 bits per heavy atom. The molecule has 170 valence electrons. The Bertz CT molecular complexity index is 1550. The van der Waals surface area contributed by atoms with Crippen LogP contribution in [0, 0.1) is 0 Å². The fourth-order valence-electron chi connectivity index (χ4n) is 3.82. The summed E-state index contributed by atoms with van der Waals surface area (Å²) in [4.78, 5) is 25.9. The smallest absolute Gasteiger partial charge is 0.263 e. The van der Waals surface area contributed by atoms with E-state index < -0.39 is 0 Å². The Morgan fingerprint density at radius 3 is 2.53 bits per heavy atom. The summed E-state index contributed by atoms with van der Waals surface area (Å²) in [7, 11) is 1.60. The van der Waals surface area contributed by atoms with Crippen LogP contribution in [0.3, 0.4) is 0 Å². The molecule has 0 unspecified atom stereocenters. The van der Waals surface area contributed by atoms with Crippen molar-refractivity contribution in [1.82, 2.24) is 19.2 Å². The molecular formula is C25H21N5O3S. The van der Waals surface area contributed by atoms with Crippen LogP contribution in [0.5, 0.6) is 5.75 Å². The fraction of sp³-hybridized carbons (Fsp3) is 0.120. The van der Waals surface area contributed by atoms with Gasteiger partial charge in [0, 0.05) is 11.3 Å². The maximum absolute atomic E-state index is 13.4. The van der Waals surface area contributed by atoms with Crippen LogP contribution in [0.25, 0.3) is 16.7 Å². The zero-order chi connectivity index (χ0) is 23.5. The summed E-state index contributed by atoms with van der Waals surface area (Å²) in [5.41, 5.74) is 2.11. The van der Waals surface area contributed by atoms with E-state index in [2.05, 4.69) is 15.5 Å². The number of hydrogen-bond donors (Lipinski definition) is 1. The van der Waals surface area contributed by atoms with E-state index in [0.29, 0.717) is 27.6 Å². The van der Waals surface area contributed by atoms with Gasteiger partial charge in [-0.15, -0.1) is 10.2 Å². The molecule has 1 N–H and O–H groups in total. The van der Waals surface area contributed by atoms with Crippen molar-refractivity contribution in [2.75, 3.05) is 18.2 Å². The summed E-state index contributed by atoms with van der Waals surface area (Å²) in [5, 5.41) is 12.6. The normalized spacial score (nSPS) is 11.1. The summed E-state index contributed by atoms with van der Waals surface area (Å²) >= 11 is 1.26. The Labute approximate surface area is 199 Å². The number of ether oxygens (including phenoxy) is 1. The maximum atomic E-state index is 13.4. The zero-order valence-electron chi connectivity index (χ0n) is 18.3. The number of thioether (sulfide) groups is 1. The Hall–Kier alpha value is -4.11. The first-order valence-electron chi connectivity index (χ1n) is 10.6. The Kier molecular flexibility index (Phi) is 6.01. The molecule has 2 heterocycles. The van der Waals surface area contributed by atoms with Crippen LogP contribution < -0.4 is 15.6 Å². The number of nitrogens with one attached hydrogen (secondary N) is 1. The van der Waals surface area contributed by atoms with E-state index in [0.717, 1.165) is 11.3 Å². The molecule has 9 heteroatoms. The molecule has 0 saturated heterocycles. The molecule has 3 aromatic carbocycles. The minimum atomic E-state index is -0.167. The van der Waals surface area contributed by atoms with Crippen molar-refractivity contribution < 1.29 is 9.53 Å². The molecule has 0 atom stereocenters. The summed E-state index contributed by atoms with van der Waals surface area (Å²) in [6.45, 7) is 0.272. The molecule has 0 bridgehead atoms. The molecule has 0 fully saturated rings. The van der Waals surface area contributed by atoms with Crippen molar-refractivity contribution in [3.8, 4) is 5.75 Å². The van der Waals surface area contributed by atoms with Gasteiger partial charge in [-0.25, -0.2) is 0 Å². The predicted octanol–water partition coefficient (Wildman–Crippen LogP) is 3.83. The van der Waals surface area contributed by atoms with Crippen molar-refractivity contribution >= 4 is 40.0 Å². The highest BCUT2D eigenvalue weighted by molar-refractivity contribution is 7.99. The van der Waals surface area contributed by atoms with Crippen LogP contribution in [0.15, 0.2) is 88.8 Å². The lowest BCUT2D eigenvalue weighted by Crippen LogP contribution is -2.24. The molecule has 0 spiro atoms. The minimum absolute atomic E-state index is 0.148.